The molecule has 0 aliphatic rings. The van der Waals surface area contributed by atoms with E-state index in [2.05, 4.69) is 5.32 Å². The fraction of sp³-hybridized carbons (Fsp3) is 0.778. The molecule has 0 radical (unpaired) electrons. The number of hydrogen-bond donors (Lipinski definition) is 1. The van der Waals surface area contributed by atoms with Crippen LogP contribution in [0, 0.1) is 0 Å². The highest BCUT2D eigenvalue weighted by atomic mass is 16.2. The Morgan fingerprint density at radius 1 is 1.07 bits per heavy atom. The molecule has 0 atom stereocenters. The zero-order valence-corrected chi connectivity index (χ0v) is 9.33. The molecule has 14 heavy (non-hydrogen) atoms. The molecule has 0 aliphatic heterocycles. The van der Waals surface area contributed by atoms with Crippen LogP contribution >= 0.6 is 0 Å². The second kappa shape index (κ2) is 6.37. The van der Waals surface area contributed by atoms with Crippen molar-refractivity contribution < 1.29 is 9.59 Å². The Hall–Kier alpha value is -1.10. The number of nitrogens with zero attached hydrogens (tertiary/aromatic N) is 2. The zero-order chi connectivity index (χ0) is 11.1. The highest BCUT2D eigenvalue weighted by molar-refractivity contribution is 5.80. The van der Waals surface area contributed by atoms with Crippen molar-refractivity contribution in [1.82, 2.24) is 15.1 Å². The molecule has 5 heteroatoms. The summed E-state index contributed by atoms with van der Waals surface area (Å²) in [4.78, 5) is 25.5. The maximum Gasteiger partial charge on any atom is 0.236 e. The molecular formula is C9H19N3O2. The number of rotatable bonds is 5. The van der Waals surface area contributed by atoms with Gasteiger partial charge >= 0.3 is 0 Å². The van der Waals surface area contributed by atoms with E-state index in [1.165, 1.54) is 4.90 Å². The molecule has 2 amide bonds. The van der Waals surface area contributed by atoms with Crippen LogP contribution in [-0.4, -0.2) is 62.4 Å². The molecule has 0 aromatic rings. The molecule has 0 aliphatic carbocycles. The maximum absolute atomic E-state index is 11.3. The van der Waals surface area contributed by atoms with E-state index in [9.17, 15) is 9.59 Å². The normalized spacial score (nSPS) is 9.71. The first-order valence-corrected chi connectivity index (χ1v) is 4.63. The van der Waals surface area contributed by atoms with Gasteiger partial charge in [-0.3, -0.25) is 14.9 Å². The lowest BCUT2D eigenvalue weighted by atomic mass is 10.4. The molecule has 1 N–H and O–H groups in total. The van der Waals surface area contributed by atoms with Crippen LogP contribution in [0.25, 0.3) is 0 Å². The van der Waals surface area contributed by atoms with Gasteiger partial charge in [-0.15, -0.1) is 0 Å². The smallest absolute Gasteiger partial charge is 0.236 e. The van der Waals surface area contributed by atoms with Gasteiger partial charge in [-0.2, -0.15) is 0 Å². The molecule has 82 valence electrons. The highest BCUT2D eigenvalue weighted by Crippen LogP contribution is 1.82. The Morgan fingerprint density at radius 2 is 1.57 bits per heavy atom. The highest BCUT2D eigenvalue weighted by Gasteiger charge is 2.07. The molecule has 0 unspecified atom stereocenters. The van der Waals surface area contributed by atoms with E-state index in [4.69, 9.17) is 0 Å². The van der Waals surface area contributed by atoms with Crippen LogP contribution in [-0.2, 0) is 9.59 Å². The van der Waals surface area contributed by atoms with Crippen molar-refractivity contribution in [3.8, 4) is 0 Å². The average Bonchev–Trinajstić information content (AvgIpc) is 2.15. The predicted octanol–water partition coefficient (Wildman–Crippen LogP) is -0.857. The summed E-state index contributed by atoms with van der Waals surface area (Å²) in [5.74, 6) is -0.0315. The monoisotopic (exact) mass is 201 g/mol. The Labute approximate surface area is 85.1 Å². The fourth-order valence-electron chi connectivity index (χ4n) is 0.746. The third kappa shape index (κ3) is 4.81. The first kappa shape index (κ1) is 12.9. The van der Waals surface area contributed by atoms with Gasteiger partial charge in [0.25, 0.3) is 0 Å². The number of likely N-dealkylation sites (N-methyl/N-ethyl adjacent to an activating group) is 2. The minimum absolute atomic E-state index is 0.000874. The Morgan fingerprint density at radius 3 is 2.00 bits per heavy atom. The summed E-state index contributed by atoms with van der Waals surface area (Å²) in [6, 6.07) is 0. The van der Waals surface area contributed by atoms with E-state index in [0.29, 0.717) is 6.54 Å². The van der Waals surface area contributed by atoms with E-state index in [-0.39, 0.29) is 24.9 Å². The van der Waals surface area contributed by atoms with Gasteiger partial charge in [0.2, 0.25) is 11.8 Å². The molecule has 0 rings (SSSR count). The molecule has 0 spiro atoms. The second-order valence-corrected chi connectivity index (χ2v) is 3.30. The minimum Gasteiger partial charge on any atom is -0.348 e. The van der Waals surface area contributed by atoms with Crippen LogP contribution in [0.4, 0.5) is 0 Å². The zero-order valence-electron chi connectivity index (χ0n) is 9.33. The maximum atomic E-state index is 11.3. The summed E-state index contributed by atoms with van der Waals surface area (Å²) >= 11 is 0. The third-order valence-electron chi connectivity index (χ3n) is 1.95. The molecule has 0 heterocycles. The summed E-state index contributed by atoms with van der Waals surface area (Å²) in [5, 5.41) is 2.80. The van der Waals surface area contributed by atoms with Gasteiger partial charge in [-0.05, 0) is 6.92 Å². The first-order valence-electron chi connectivity index (χ1n) is 4.63. The summed E-state index contributed by atoms with van der Waals surface area (Å²) in [6.45, 7) is 3.01. The van der Waals surface area contributed by atoms with E-state index < -0.39 is 0 Å². The lowest BCUT2D eigenvalue weighted by molar-refractivity contribution is -0.129. The number of carbonyl (C=O) groups excluding carboxylic acids is 2. The van der Waals surface area contributed by atoms with Gasteiger partial charge in [0, 0.05) is 27.7 Å². The van der Waals surface area contributed by atoms with E-state index >= 15 is 0 Å². The number of nitrogens with one attached hydrogen (secondary N) is 1. The lowest BCUT2D eigenvalue weighted by Crippen LogP contribution is -2.39. The molecule has 0 saturated carbocycles. The van der Waals surface area contributed by atoms with Gasteiger partial charge in [0.1, 0.15) is 0 Å². The van der Waals surface area contributed by atoms with Gasteiger partial charge in [-0.1, -0.05) is 0 Å². The van der Waals surface area contributed by atoms with Gasteiger partial charge in [0.15, 0.2) is 0 Å². The molecule has 0 saturated heterocycles. The number of carbonyl (C=O) groups is 2. The Bertz CT molecular complexity index is 204. The van der Waals surface area contributed by atoms with E-state index in [0.717, 1.165) is 0 Å². The summed E-state index contributed by atoms with van der Waals surface area (Å²) < 4.78 is 0. The van der Waals surface area contributed by atoms with Crippen molar-refractivity contribution in [3.05, 3.63) is 0 Å². The molecule has 0 aromatic carbocycles. The number of hydrogen-bond acceptors (Lipinski definition) is 3. The van der Waals surface area contributed by atoms with Gasteiger partial charge < -0.3 is 9.80 Å². The molecule has 0 aromatic heterocycles. The van der Waals surface area contributed by atoms with E-state index in [1.54, 1.807) is 26.0 Å². The van der Waals surface area contributed by atoms with Crippen molar-refractivity contribution in [3.63, 3.8) is 0 Å². The van der Waals surface area contributed by atoms with E-state index in [1.807, 2.05) is 6.92 Å². The molecular weight excluding hydrogens is 182 g/mol. The third-order valence-corrected chi connectivity index (χ3v) is 1.95. The van der Waals surface area contributed by atoms with Crippen LogP contribution in [0.15, 0.2) is 0 Å². The quantitative estimate of drug-likeness (QED) is 0.630. The summed E-state index contributed by atoms with van der Waals surface area (Å²) in [7, 11) is 5.10. The van der Waals surface area contributed by atoms with Gasteiger partial charge in [0.05, 0.1) is 13.1 Å². The molecule has 0 fully saturated rings. The Balaban J connectivity index is 3.64. The molecule has 5 nitrogen and oxygen atoms in total. The topological polar surface area (TPSA) is 52.7 Å². The lowest BCUT2D eigenvalue weighted by Gasteiger charge is -2.15. The second-order valence-electron chi connectivity index (χ2n) is 3.30. The van der Waals surface area contributed by atoms with Gasteiger partial charge in [-0.25, -0.2) is 0 Å². The van der Waals surface area contributed by atoms with Crippen molar-refractivity contribution in [2.75, 3.05) is 40.8 Å². The number of amides is 2. The average molecular weight is 201 g/mol. The van der Waals surface area contributed by atoms with Crippen molar-refractivity contribution >= 4 is 11.8 Å². The first-order chi connectivity index (χ1) is 6.49. The largest absolute Gasteiger partial charge is 0.348 e. The van der Waals surface area contributed by atoms with Crippen LogP contribution in [0.5, 0.6) is 0 Å². The molecule has 0 bridgehead atoms. The van der Waals surface area contributed by atoms with Crippen LogP contribution in [0.1, 0.15) is 6.92 Å². The standard InChI is InChI=1S/C9H19N3O2/c1-5-12(4)9(14)7-10-6-8(13)11(2)3/h10H,5-7H2,1-4H3. The minimum atomic E-state index is -0.0306. The van der Waals surface area contributed by atoms with Crippen LogP contribution in [0.3, 0.4) is 0 Å². The van der Waals surface area contributed by atoms with Crippen LogP contribution in [0.2, 0.25) is 0 Å². The van der Waals surface area contributed by atoms with Crippen LogP contribution < -0.4 is 5.32 Å². The SMILES string of the molecule is CCN(C)C(=O)CNCC(=O)N(C)C. The van der Waals surface area contributed by atoms with Crippen molar-refractivity contribution in [1.29, 1.82) is 0 Å². The van der Waals surface area contributed by atoms with Crippen molar-refractivity contribution in [2.24, 2.45) is 0 Å². The predicted molar refractivity (Wildman–Crippen MR) is 54.9 cm³/mol. The summed E-state index contributed by atoms with van der Waals surface area (Å²) in [5.41, 5.74) is 0. The summed E-state index contributed by atoms with van der Waals surface area (Å²) in [6.07, 6.45) is 0. The fourth-order valence-corrected chi connectivity index (χ4v) is 0.746. The Kier molecular flexibility index (Phi) is 5.87. The van der Waals surface area contributed by atoms with Crippen molar-refractivity contribution in [2.45, 2.75) is 6.92 Å².